The zero-order valence-electron chi connectivity index (χ0n) is 8.83. The van der Waals surface area contributed by atoms with Gasteiger partial charge in [0.05, 0.1) is 10.6 Å². The molecular weight excluding hydrogens is 250 g/mol. The van der Waals surface area contributed by atoms with Gasteiger partial charge < -0.3 is 5.11 Å². The van der Waals surface area contributed by atoms with E-state index in [9.17, 15) is 5.11 Å². The van der Waals surface area contributed by atoms with E-state index in [1.165, 1.54) is 4.88 Å². The van der Waals surface area contributed by atoms with Crippen molar-refractivity contribution in [3.63, 3.8) is 0 Å². The predicted molar refractivity (Wildman–Crippen MR) is 72.5 cm³/mol. The molecule has 0 fully saturated rings. The summed E-state index contributed by atoms with van der Waals surface area (Å²) in [6.45, 7) is 0. The van der Waals surface area contributed by atoms with Crippen molar-refractivity contribution in [3.05, 3.63) is 47.2 Å². The van der Waals surface area contributed by atoms with Gasteiger partial charge in [0.15, 0.2) is 0 Å². The van der Waals surface area contributed by atoms with E-state index >= 15 is 0 Å². The molecule has 0 spiro atoms. The number of aromatic nitrogens is 1. The maximum absolute atomic E-state index is 9.24. The number of hydrogen-bond donors (Lipinski definition) is 1. The normalized spacial score (nSPS) is 10.6. The first kappa shape index (κ1) is 10.5. The number of nitrogens with zero attached hydrogens (tertiary/aromatic N) is 1. The monoisotopic (exact) mass is 259 g/mol. The highest BCUT2D eigenvalue weighted by molar-refractivity contribution is 7.15. The Labute approximate surface area is 107 Å². The van der Waals surface area contributed by atoms with Crippen LogP contribution >= 0.6 is 22.7 Å². The number of phenols is 1. The lowest BCUT2D eigenvalue weighted by molar-refractivity contribution is 0.475. The smallest absolute Gasteiger partial charge is 0.124 e. The summed E-state index contributed by atoms with van der Waals surface area (Å²) in [7, 11) is 0. The van der Waals surface area contributed by atoms with Crippen LogP contribution < -0.4 is 0 Å². The molecular formula is C13H9NOS2. The molecule has 84 valence electrons. The third kappa shape index (κ3) is 2.09. The lowest BCUT2D eigenvalue weighted by Crippen LogP contribution is -1.76. The minimum Gasteiger partial charge on any atom is -0.508 e. The van der Waals surface area contributed by atoms with E-state index in [4.69, 9.17) is 0 Å². The molecule has 0 aliphatic carbocycles. The molecule has 0 aliphatic heterocycles. The van der Waals surface area contributed by atoms with Crippen molar-refractivity contribution in [2.45, 2.75) is 0 Å². The lowest BCUT2D eigenvalue weighted by atomic mass is 10.2. The van der Waals surface area contributed by atoms with Gasteiger partial charge in [-0.25, -0.2) is 4.98 Å². The Hall–Kier alpha value is -1.65. The number of benzene rings is 1. The number of thiazole rings is 1. The molecule has 1 N–H and O–H groups in total. The molecule has 3 rings (SSSR count). The fourth-order valence-corrected chi connectivity index (χ4v) is 3.13. The summed E-state index contributed by atoms with van der Waals surface area (Å²) >= 11 is 3.31. The predicted octanol–water partition coefficient (Wildman–Crippen LogP) is 4.24. The van der Waals surface area contributed by atoms with Gasteiger partial charge in [-0.2, -0.15) is 0 Å². The van der Waals surface area contributed by atoms with Crippen molar-refractivity contribution in [2.24, 2.45) is 0 Å². The molecule has 0 atom stereocenters. The third-order valence-electron chi connectivity index (χ3n) is 2.39. The van der Waals surface area contributed by atoms with Gasteiger partial charge in [0, 0.05) is 10.9 Å². The van der Waals surface area contributed by atoms with Crippen molar-refractivity contribution in [1.29, 1.82) is 0 Å². The second-order valence-corrected chi connectivity index (χ2v) is 5.37. The van der Waals surface area contributed by atoms with Gasteiger partial charge in [-0.3, -0.25) is 0 Å². The number of phenolic OH excluding ortho intramolecular Hbond substituents is 1. The molecule has 0 saturated carbocycles. The van der Waals surface area contributed by atoms with Crippen LogP contribution in [0.25, 0.3) is 21.1 Å². The Morgan fingerprint density at radius 2 is 1.82 bits per heavy atom. The maximum atomic E-state index is 9.24. The van der Waals surface area contributed by atoms with Crippen LogP contribution in [-0.4, -0.2) is 10.1 Å². The summed E-state index contributed by atoms with van der Waals surface area (Å²) < 4.78 is 0. The molecule has 0 saturated heterocycles. The molecule has 1 aromatic carbocycles. The molecule has 0 aliphatic rings. The highest BCUT2D eigenvalue weighted by atomic mass is 32.1. The van der Waals surface area contributed by atoms with Gasteiger partial charge in [-0.15, -0.1) is 22.7 Å². The van der Waals surface area contributed by atoms with Gasteiger partial charge in [-0.1, -0.05) is 6.07 Å². The molecule has 2 heterocycles. The summed E-state index contributed by atoms with van der Waals surface area (Å²) in [5.74, 6) is 0.281. The van der Waals surface area contributed by atoms with Crippen molar-refractivity contribution < 1.29 is 5.11 Å². The zero-order valence-corrected chi connectivity index (χ0v) is 10.5. The van der Waals surface area contributed by atoms with E-state index < -0.39 is 0 Å². The second kappa shape index (κ2) is 4.31. The molecule has 2 aromatic heterocycles. The molecule has 4 heteroatoms. The van der Waals surface area contributed by atoms with Crippen LogP contribution in [0, 0.1) is 0 Å². The fourth-order valence-electron chi connectivity index (χ4n) is 1.55. The van der Waals surface area contributed by atoms with Crippen molar-refractivity contribution in [2.75, 3.05) is 0 Å². The van der Waals surface area contributed by atoms with Gasteiger partial charge >= 0.3 is 0 Å². The van der Waals surface area contributed by atoms with E-state index in [0.717, 1.165) is 16.3 Å². The molecule has 17 heavy (non-hydrogen) atoms. The standard InChI is InChI=1S/C13H9NOS2/c15-10-5-3-9(4-6-10)13-14-11(8-17-13)12-2-1-7-16-12/h1-8,15H. The van der Waals surface area contributed by atoms with E-state index in [1.54, 1.807) is 34.8 Å². The summed E-state index contributed by atoms with van der Waals surface area (Å²) in [6.07, 6.45) is 0. The average Bonchev–Trinajstić information content (AvgIpc) is 3.00. The molecule has 0 amide bonds. The van der Waals surface area contributed by atoms with Gasteiger partial charge in [0.2, 0.25) is 0 Å². The Balaban J connectivity index is 1.98. The summed E-state index contributed by atoms with van der Waals surface area (Å²) in [5, 5.41) is 14.3. The van der Waals surface area contributed by atoms with Crippen LogP contribution in [0.2, 0.25) is 0 Å². The second-order valence-electron chi connectivity index (χ2n) is 3.56. The topological polar surface area (TPSA) is 33.1 Å². The largest absolute Gasteiger partial charge is 0.508 e. The minimum atomic E-state index is 0.281. The molecule has 2 nitrogen and oxygen atoms in total. The van der Waals surface area contributed by atoms with Crippen LogP contribution in [0.15, 0.2) is 47.2 Å². The number of hydrogen-bond acceptors (Lipinski definition) is 4. The van der Waals surface area contributed by atoms with Gasteiger partial charge in [-0.05, 0) is 35.7 Å². The quantitative estimate of drug-likeness (QED) is 0.746. The number of aromatic hydroxyl groups is 1. The first-order valence-electron chi connectivity index (χ1n) is 5.12. The Bertz CT molecular complexity index is 611. The SMILES string of the molecule is Oc1ccc(-c2nc(-c3cccs3)cs2)cc1. The highest BCUT2D eigenvalue weighted by Crippen LogP contribution is 2.31. The molecule has 0 unspecified atom stereocenters. The lowest BCUT2D eigenvalue weighted by Gasteiger charge is -1.95. The average molecular weight is 259 g/mol. The third-order valence-corrected chi connectivity index (χ3v) is 4.18. The number of rotatable bonds is 2. The summed E-state index contributed by atoms with van der Waals surface area (Å²) in [5.41, 5.74) is 2.06. The van der Waals surface area contributed by atoms with E-state index in [2.05, 4.69) is 21.8 Å². The van der Waals surface area contributed by atoms with E-state index in [1.807, 2.05) is 18.2 Å². The van der Waals surface area contributed by atoms with Crippen molar-refractivity contribution >= 4 is 22.7 Å². The van der Waals surface area contributed by atoms with Crippen molar-refractivity contribution in [3.8, 4) is 26.9 Å². The summed E-state index contributed by atoms with van der Waals surface area (Å²) in [4.78, 5) is 5.79. The van der Waals surface area contributed by atoms with Gasteiger partial charge in [0.1, 0.15) is 10.8 Å². The first-order valence-corrected chi connectivity index (χ1v) is 6.88. The van der Waals surface area contributed by atoms with Crippen molar-refractivity contribution in [1.82, 2.24) is 4.98 Å². The van der Waals surface area contributed by atoms with E-state index in [0.29, 0.717) is 0 Å². The summed E-state index contributed by atoms with van der Waals surface area (Å²) in [6, 6.07) is 11.2. The van der Waals surface area contributed by atoms with Crippen LogP contribution in [-0.2, 0) is 0 Å². The Kier molecular flexibility index (Phi) is 2.66. The molecule has 0 bridgehead atoms. The van der Waals surface area contributed by atoms with Gasteiger partial charge in [0.25, 0.3) is 0 Å². The fraction of sp³-hybridized carbons (Fsp3) is 0. The van der Waals surface area contributed by atoms with Crippen LogP contribution in [0.3, 0.4) is 0 Å². The number of thiophene rings is 1. The minimum absolute atomic E-state index is 0.281. The first-order chi connectivity index (χ1) is 8.33. The van der Waals surface area contributed by atoms with Crippen LogP contribution in [0.1, 0.15) is 0 Å². The Morgan fingerprint density at radius 3 is 2.53 bits per heavy atom. The zero-order chi connectivity index (χ0) is 11.7. The van der Waals surface area contributed by atoms with E-state index in [-0.39, 0.29) is 5.75 Å². The maximum Gasteiger partial charge on any atom is 0.124 e. The van der Waals surface area contributed by atoms with Crippen LogP contribution in [0.5, 0.6) is 5.75 Å². The Morgan fingerprint density at radius 1 is 1.00 bits per heavy atom. The molecule has 0 radical (unpaired) electrons. The van der Waals surface area contributed by atoms with Crippen LogP contribution in [0.4, 0.5) is 0 Å². The molecule has 3 aromatic rings. The highest BCUT2D eigenvalue weighted by Gasteiger charge is 2.06.